The Morgan fingerprint density at radius 1 is 1.00 bits per heavy atom. The monoisotopic (exact) mass is 563 g/mol. The number of ether oxygens (including phenoxy) is 1. The van der Waals surface area contributed by atoms with Crippen molar-refractivity contribution in [1.29, 1.82) is 5.26 Å². The van der Waals surface area contributed by atoms with Crippen LogP contribution in [-0.2, 0) is 6.54 Å². The number of rotatable bonds is 7. The van der Waals surface area contributed by atoms with Crippen LogP contribution in [0.4, 0.5) is 11.6 Å². The van der Waals surface area contributed by atoms with Gasteiger partial charge in [-0.2, -0.15) is 10.2 Å². The van der Waals surface area contributed by atoms with Gasteiger partial charge in [0.2, 0.25) is 11.8 Å². The van der Waals surface area contributed by atoms with Crippen molar-refractivity contribution in [2.24, 2.45) is 0 Å². The second kappa shape index (κ2) is 10.8. The maximum Gasteiger partial charge on any atom is 0.242 e. The lowest BCUT2D eigenvalue weighted by molar-refractivity contribution is 0.463. The van der Waals surface area contributed by atoms with Crippen molar-refractivity contribution in [3.8, 4) is 29.0 Å². The van der Waals surface area contributed by atoms with E-state index in [9.17, 15) is 5.26 Å². The van der Waals surface area contributed by atoms with Gasteiger partial charge in [-0.3, -0.25) is 0 Å². The minimum Gasteiger partial charge on any atom is -0.437 e. The van der Waals surface area contributed by atoms with Gasteiger partial charge in [-0.15, -0.1) is 16.4 Å². The fourth-order valence-electron chi connectivity index (χ4n) is 4.37. The van der Waals surface area contributed by atoms with Gasteiger partial charge in [0.25, 0.3) is 0 Å². The molecule has 0 amide bonds. The highest BCUT2D eigenvalue weighted by Crippen LogP contribution is 2.36. The van der Waals surface area contributed by atoms with Gasteiger partial charge in [0, 0.05) is 16.3 Å². The topological polar surface area (TPSA) is 102 Å². The molecule has 0 radical (unpaired) electrons. The number of benzene rings is 3. The van der Waals surface area contributed by atoms with Gasteiger partial charge in [-0.05, 0) is 78.4 Å². The lowest BCUT2D eigenvalue weighted by Gasteiger charge is -2.13. The molecule has 196 valence electrons. The van der Waals surface area contributed by atoms with Gasteiger partial charge < -0.3 is 10.1 Å². The maximum absolute atomic E-state index is 9.27. The van der Waals surface area contributed by atoms with Crippen LogP contribution in [0.3, 0.4) is 0 Å². The Morgan fingerprint density at radius 2 is 1.75 bits per heavy atom. The minimum absolute atomic E-state index is 0.423. The number of halogens is 1. The first-order valence-corrected chi connectivity index (χ1v) is 13.7. The molecule has 0 aliphatic rings. The van der Waals surface area contributed by atoms with E-state index >= 15 is 0 Å². The van der Waals surface area contributed by atoms with Crippen LogP contribution in [0.25, 0.3) is 21.5 Å². The summed E-state index contributed by atoms with van der Waals surface area (Å²) in [6.45, 7) is 4.46. The smallest absolute Gasteiger partial charge is 0.242 e. The summed E-state index contributed by atoms with van der Waals surface area (Å²) in [4.78, 5) is 9.35. The normalized spacial score (nSPS) is 10.9. The predicted molar refractivity (Wildman–Crippen MR) is 157 cm³/mol. The molecule has 0 bridgehead atoms. The number of anilines is 2. The molecular weight excluding hydrogens is 542 g/mol. The van der Waals surface area contributed by atoms with Crippen molar-refractivity contribution < 1.29 is 4.74 Å². The number of nitrogens with zero attached hydrogens (tertiary/aromatic N) is 6. The van der Waals surface area contributed by atoms with Crippen LogP contribution in [0.5, 0.6) is 11.6 Å². The van der Waals surface area contributed by atoms with Gasteiger partial charge >= 0.3 is 0 Å². The Hall–Kier alpha value is -4.78. The summed E-state index contributed by atoms with van der Waals surface area (Å²) in [5.41, 5.74) is 6.76. The highest BCUT2D eigenvalue weighted by molar-refractivity contribution is 7.17. The van der Waals surface area contributed by atoms with Crippen LogP contribution in [0.1, 0.15) is 22.3 Å². The van der Waals surface area contributed by atoms with Crippen LogP contribution in [0.2, 0.25) is 5.02 Å². The molecule has 0 aliphatic heterocycles. The van der Waals surface area contributed by atoms with E-state index in [0.29, 0.717) is 34.7 Å². The number of nitriles is 1. The molecule has 0 saturated carbocycles. The summed E-state index contributed by atoms with van der Waals surface area (Å²) in [6, 6.07) is 23.3. The van der Waals surface area contributed by atoms with E-state index < -0.39 is 0 Å². The van der Waals surface area contributed by atoms with Gasteiger partial charge in [0.05, 0.1) is 29.9 Å². The molecule has 0 saturated heterocycles. The summed E-state index contributed by atoms with van der Waals surface area (Å²) in [5.74, 6) is 1.57. The molecular formula is C30H22ClN7OS. The summed E-state index contributed by atoms with van der Waals surface area (Å²) in [7, 11) is 0. The lowest BCUT2D eigenvalue weighted by atomic mass is 10.1. The fraction of sp³-hybridized carbons (Fsp3) is 0.100. The molecule has 8 nitrogen and oxygen atoms in total. The van der Waals surface area contributed by atoms with Crippen molar-refractivity contribution in [3.05, 3.63) is 106 Å². The minimum atomic E-state index is 0.423. The van der Waals surface area contributed by atoms with E-state index in [1.807, 2.05) is 92.2 Å². The summed E-state index contributed by atoms with van der Waals surface area (Å²) in [5, 5.41) is 23.8. The molecule has 3 heterocycles. The molecule has 0 spiro atoms. The Labute approximate surface area is 239 Å². The number of nitrogens with one attached hydrogen (secondary N) is 1. The number of hydrogen-bond acceptors (Lipinski definition) is 8. The van der Waals surface area contributed by atoms with E-state index in [-0.39, 0.29) is 0 Å². The quantitative estimate of drug-likeness (QED) is 0.212. The maximum atomic E-state index is 9.27. The molecule has 3 aromatic carbocycles. The van der Waals surface area contributed by atoms with E-state index in [4.69, 9.17) is 16.3 Å². The zero-order chi connectivity index (χ0) is 27.6. The average molecular weight is 564 g/mol. The van der Waals surface area contributed by atoms with Crippen molar-refractivity contribution in [1.82, 2.24) is 25.0 Å². The third-order valence-electron chi connectivity index (χ3n) is 6.29. The zero-order valence-corrected chi connectivity index (χ0v) is 23.2. The van der Waals surface area contributed by atoms with E-state index in [1.54, 1.807) is 4.68 Å². The Morgan fingerprint density at radius 3 is 2.48 bits per heavy atom. The number of fused-ring (bicyclic) bond motifs is 1. The molecule has 0 fully saturated rings. The van der Waals surface area contributed by atoms with Crippen LogP contribution in [0, 0.1) is 25.2 Å². The largest absolute Gasteiger partial charge is 0.437 e. The second-order valence-electron chi connectivity index (χ2n) is 9.27. The molecule has 6 aromatic rings. The third-order valence-corrected chi connectivity index (χ3v) is 7.44. The van der Waals surface area contributed by atoms with Gasteiger partial charge in [-0.1, -0.05) is 41.1 Å². The molecule has 0 unspecified atom stereocenters. The van der Waals surface area contributed by atoms with E-state index in [2.05, 4.69) is 31.7 Å². The van der Waals surface area contributed by atoms with Gasteiger partial charge in [-0.25, -0.2) is 9.67 Å². The molecule has 0 atom stereocenters. The average Bonchev–Trinajstić information content (AvgIpc) is 3.62. The van der Waals surface area contributed by atoms with Gasteiger partial charge in [0.1, 0.15) is 16.1 Å². The second-order valence-corrected chi connectivity index (χ2v) is 10.6. The highest BCUT2D eigenvalue weighted by atomic mass is 35.5. The Bertz CT molecular complexity index is 1850. The van der Waals surface area contributed by atoms with E-state index in [1.165, 1.54) is 11.3 Å². The summed E-state index contributed by atoms with van der Waals surface area (Å²) < 4.78 is 8.95. The van der Waals surface area contributed by atoms with E-state index in [0.717, 1.165) is 43.9 Å². The lowest BCUT2D eigenvalue weighted by Crippen LogP contribution is -2.00. The Balaban J connectivity index is 1.21. The van der Waals surface area contributed by atoms with Crippen molar-refractivity contribution in [2.45, 2.75) is 20.4 Å². The SMILES string of the molecule is Cc1cc(C#N)cc(C)c1Oc1nc(Nc2ccc(-c3cn(Cc4ccc(Cl)cc4)nn3)cc2)nc2ccsc12. The number of hydrogen-bond donors (Lipinski definition) is 1. The zero-order valence-electron chi connectivity index (χ0n) is 21.6. The molecule has 1 N–H and O–H groups in total. The summed E-state index contributed by atoms with van der Waals surface area (Å²) in [6.07, 6.45) is 1.92. The highest BCUT2D eigenvalue weighted by Gasteiger charge is 2.15. The van der Waals surface area contributed by atoms with Crippen LogP contribution >= 0.6 is 22.9 Å². The van der Waals surface area contributed by atoms with Crippen LogP contribution in [-0.4, -0.2) is 25.0 Å². The molecule has 40 heavy (non-hydrogen) atoms. The molecule has 3 aromatic heterocycles. The number of aromatic nitrogens is 5. The third kappa shape index (κ3) is 5.36. The van der Waals surface area contributed by atoms with Crippen LogP contribution < -0.4 is 10.1 Å². The first kappa shape index (κ1) is 25.5. The first-order valence-electron chi connectivity index (χ1n) is 12.4. The van der Waals surface area contributed by atoms with Gasteiger partial charge in [0.15, 0.2) is 0 Å². The predicted octanol–water partition coefficient (Wildman–Crippen LogP) is 7.68. The molecule has 0 aliphatic carbocycles. The van der Waals surface area contributed by atoms with Crippen molar-refractivity contribution in [3.63, 3.8) is 0 Å². The first-order chi connectivity index (χ1) is 19.4. The molecule has 6 rings (SSSR count). The van der Waals surface area contributed by atoms with Crippen LogP contribution in [0.15, 0.2) is 78.3 Å². The fourth-order valence-corrected chi connectivity index (χ4v) is 5.25. The molecule has 10 heteroatoms. The summed E-state index contributed by atoms with van der Waals surface area (Å²) >= 11 is 7.50. The standard InChI is InChI=1S/C30H22ClN7OS/c1-18-13-21(15-32)14-19(2)27(18)39-29-28-25(11-12-40-28)34-30(35-29)33-24-9-5-22(6-10-24)26-17-38(37-36-26)16-20-3-7-23(31)8-4-20/h3-14,17H,16H2,1-2H3,(H,33,34,35). The van der Waals surface area contributed by atoms with Crippen molar-refractivity contribution in [2.75, 3.05) is 5.32 Å². The number of thiophene rings is 1. The number of aryl methyl sites for hydroxylation is 2. The van der Waals surface area contributed by atoms with Crippen molar-refractivity contribution >= 4 is 44.8 Å². The Kier molecular flexibility index (Phi) is 6.86.